The van der Waals surface area contributed by atoms with Crippen LogP contribution in [0.5, 0.6) is 0 Å². The van der Waals surface area contributed by atoms with Crippen molar-refractivity contribution in [3.05, 3.63) is 58.1 Å². The summed E-state index contributed by atoms with van der Waals surface area (Å²) >= 11 is 6.15. The zero-order valence-electron chi connectivity index (χ0n) is 18.4. The van der Waals surface area contributed by atoms with Crippen molar-refractivity contribution in [3.63, 3.8) is 0 Å². The number of carboxylic acid groups (broad SMARTS) is 1. The predicted molar refractivity (Wildman–Crippen MR) is 118 cm³/mol. The smallest absolute Gasteiger partial charge is 0.432 e. The van der Waals surface area contributed by atoms with Crippen LogP contribution < -0.4 is 5.32 Å². The molecule has 1 aliphatic heterocycles. The van der Waals surface area contributed by atoms with Gasteiger partial charge in [-0.05, 0) is 55.5 Å². The minimum atomic E-state index is -4.83. The molecule has 182 valence electrons. The maximum absolute atomic E-state index is 13.8. The molecule has 1 fully saturated rings. The van der Waals surface area contributed by atoms with E-state index in [0.717, 1.165) is 10.6 Å². The Balaban J connectivity index is 1.57. The van der Waals surface area contributed by atoms with Crippen LogP contribution in [-0.4, -0.2) is 53.3 Å². The summed E-state index contributed by atoms with van der Waals surface area (Å²) in [6.07, 6.45) is -1.85. The number of halogens is 4. The normalized spacial score (nSPS) is 25.9. The molecule has 0 bridgehead atoms. The van der Waals surface area contributed by atoms with Gasteiger partial charge in [-0.25, -0.2) is 4.79 Å². The second-order valence-corrected chi connectivity index (χ2v) is 9.10. The second-order valence-electron chi connectivity index (χ2n) is 8.69. The molecule has 0 saturated heterocycles. The van der Waals surface area contributed by atoms with Gasteiger partial charge in [0.05, 0.1) is 17.2 Å². The van der Waals surface area contributed by atoms with Gasteiger partial charge in [-0.2, -0.15) is 18.3 Å². The SMILES string of the molecule is CC1=CCC(OC2C(C(=O)NC3(c4ccc(C(=O)O)cc4)CC3)C(C(F)(F)F)=NN2C)C=C1Cl. The van der Waals surface area contributed by atoms with Crippen molar-refractivity contribution in [3.8, 4) is 0 Å². The Hall–Kier alpha value is -2.85. The number of hydrogen-bond acceptors (Lipinski definition) is 5. The van der Waals surface area contributed by atoms with Crippen LogP contribution in [0.2, 0.25) is 0 Å². The molecule has 11 heteroatoms. The number of ether oxygens (including phenoxy) is 1. The summed E-state index contributed by atoms with van der Waals surface area (Å²) < 4.78 is 47.3. The highest BCUT2D eigenvalue weighted by Crippen LogP contribution is 2.46. The van der Waals surface area contributed by atoms with E-state index in [0.29, 0.717) is 29.9 Å². The third kappa shape index (κ3) is 4.69. The average molecular weight is 498 g/mol. The Morgan fingerprint density at radius 1 is 1.26 bits per heavy atom. The lowest BCUT2D eigenvalue weighted by Gasteiger charge is -2.30. The molecular weight excluding hydrogens is 475 g/mol. The first kappa shape index (κ1) is 24.3. The summed E-state index contributed by atoms with van der Waals surface area (Å²) in [4.78, 5) is 24.4. The van der Waals surface area contributed by atoms with Crippen molar-refractivity contribution in [2.24, 2.45) is 11.0 Å². The Kier molecular flexibility index (Phi) is 6.24. The molecule has 3 atom stereocenters. The number of amides is 1. The summed E-state index contributed by atoms with van der Waals surface area (Å²) in [7, 11) is 1.33. The standard InChI is InChI=1S/C23H23ClF3N3O4/c1-12-3-8-15(11-16(12)24)34-20-17(18(23(25,26)27)29-30(20)2)19(31)28-22(9-10-22)14-6-4-13(5-7-14)21(32)33/h3-7,11,15,17,20H,8-10H2,1-2H3,(H,28,31)(H,32,33). The molecule has 3 aliphatic rings. The number of rotatable bonds is 6. The van der Waals surface area contributed by atoms with Crippen molar-refractivity contribution < 1.29 is 32.6 Å². The third-order valence-corrected chi connectivity index (χ3v) is 6.69. The lowest BCUT2D eigenvalue weighted by molar-refractivity contribution is -0.138. The highest BCUT2D eigenvalue weighted by Gasteiger charge is 2.56. The fourth-order valence-corrected chi connectivity index (χ4v) is 4.39. The third-order valence-electron chi connectivity index (χ3n) is 6.26. The van der Waals surface area contributed by atoms with Gasteiger partial charge in [0.2, 0.25) is 5.91 Å². The molecule has 34 heavy (non-hydrogen) atoms. The van der Waals surface area contributed by atoms with Gasteiger partial charge in [0.15, 0.2) is 11.9 Å². The van der Waals surface area contributed by atoms with E-state index in [1.165, 1.54) is 19.2 Å². The van der Waals surface area contributed by atoms with Crippen molar-refractivity contribution >= 4 is 29.2 Å². The molecule has 2 aliphatic carbocycles. The molecule has 1 heterocycles. The maximum atomic E-state index is 13.8. The van der Waals surface area contributed by atoms with Gasteiger partial charge >= 0.3 is 12.1 Å². The van der Waals surface area contributed by atoms with E-state index in [-0.39, 0.29) is 5.56 Å². The Labute approximate surface area is 198 Å². The van der Waals surface area contributed by atoms with Crippen LogP contribution in [0.3, 0.4) is 0 Å². The Morgan fingerprint density at radius 3 is 2.44 bits per heavy atom. The monoisotopic (exact) mass is 497 g/mol. The number of nitrogens with zero attached hydrogens (tertiary/aromatic N) is 2. The first-order valence-corrected chi connectivity index (χ1v) is 11.0. The van der Waals surface area contributed by atoms with Gasteiger partial charge in [-0.3, -0.25) is 9.80 Å². The first-order valence-electron chi connectivity index (χ1n) is 10.7. The summed E-state index contributed by atoms with van der Waals surface area (Å²) in [5, 5.41) is 16.9. The van der Waals surface area contributed by atoms with E-state index in [9.17, 15) is 22.8 Å². The van der Waals surface area contributed by atoms with E-state index < -0.39 is 47.6 Å². The topological polar surface area (TPSA) is 91.2 Å². The summed E-state index contributed by atoms with van der Waals surface area (Å²) in [5.41, 5.74) is -0.543. The minimum absolute atomic E-state index is 0.0757. The average Bonchev–Trinajstić information content (AvgIpc) is 3.46. The lowest BCUT2D eigenvalue weighted by atomic mass is 9.97. The molecule has 1 amide bonds. The highest BCUT2D eigenvalue weighted by atomic mass is 35.5. The van der Waals surface area contributed by atoms with Crippen LogP contribution in [0.4, 0.5) is 13.2 Å². The molecule has 1 aromatic rings. The maximum Gasteiger partial charge on any atom is 0.432 e. The van der Waals surface area contributed by atoms with Crippen molar-refractivity contribution in [1.29, 1.82) is 0 Å². The van der Waals surface area contributed by atoms with E-state index in [2.05, 4.69) is 10.4 Å². The number of allylic oxidation sites excluding steroid dienone is 2. The number of aromatic carboxylic acids is 1. The van der Waals surface area contributed by atoms with Crippen LogP contribution >= 0.6 is 11.6 Å². The van der Waals surface area contributed by atoms with Gasteiger partial charge in [-0.15, -0.1) is 0 Å². The van der Waals surface area contributed by atoms with E-state index in [1.54, 1.807) is 18.2 Å². The number of hydrazone groups is 1. The quantitative estimate of drug-likeness (QED) is 0.616. The van der Waals surface area contributed by atoms with Gasteiger partial charge < -0.3 is 15.2 Å². The molecule has 0 spiro atoms. The summed E-state index contributed by atoms with van der Waals surface area (Å²) in [6, 6.07) is 5.92. The number of carbonyl (C=O) groups is 2. The molecular formula is C23H23ClF3N3O4. The zero-order chi connectivity index (χ0) is 24.8. The minimum Gasteiger partial charge on any atom is -0.478 e. The number of alkyl halides is 3. The van der Waals surface area contributed by atoms with Gasteiger partial charge in [0.1, 0.15) is 5.92 Å². The first-order chi connectivity index (χ1) is 15.9. The molecule has 4 rings (SSSR count). The Morgan fingerprint density at radius 2 is 1.91 bits per heavy atom. The van der Waals surface area contributed by atoms with Crippen molar-refractivity contribution in [2.45, 2.75) is 50.2 Å². The number of carbonyl (C=O) groups excluding carboxylic acids is 1. The molecule has 1 aromatic carbocycles. The molecule has 3 unspecified atom stereocenters. The van der Waals surface area contributed by atoms with E-state index in [4.69, 9.17) is 21.4 Å². The van der Waals surface area contributed by atoms with E-state index in [1.807, 2.05) is 13.0 Å². The number of benzene rings is 1. The van der Waals surface area contributed by atoms with Crippen molar-refractivity contribution in [2.75, 3.05) is 7.05 Å². The largest absolute Gasteiger partial charge is 0.478 e. The van der Waals surface area contributed by atoms with Crippen LogP contribution in [0, 0.1) is 5.92 Å². The molecule has 0 aromatic heterocycles. The van der Waals surface area contributed by atoms with Crippen LogP contribution in [0.1, 0.15) is 42.1 Å². The van der Waals surface area contributed by atoms with Crippen molar-refractivity contribution in [1.82, 2.24) is 10.3 Å². The lowest BCUT2D eigenvalue weighted by Crippen LogP contribution is -2.50. The summed E-state index contributed by atoms with van der Waals surface area (Å²) in [5.74, 6) is -3.66. The van der Waals surface area contributed by atoms with Crippen LogP contribution in [0.25, 0.3) is 0 Å². The predicted octanol–water partition coefficient (Wildman–Crippen LogP) is 4.15. The fourth-order valence-electron chi connectivity index (χ4n) is 4.18. The van der Waals surface area contributed by atoms with Crippen LogP contribution in [0.15, 0.2) is 52.1 Å². The zero-order valence-corrected chi connectivity index (χ0v) is 19.2. The number of hydrogen-bond donors (Lipinski definition) is 2. The van der Waals surface area contributed by atoms with Gasteiger partial charge in [-0.1, -0.05) is 29.8 Å². The van der Waals surface area contributed by atoms with Crippen LogP contribution in [-0.2, 0) is 15.1 Å². The molecule has 1 saturated carbocycles. The number of carboxylic acids is 1. The second kappa shape index (κ2) is 8.74. The fraction of sp³-hybridized carbons (Fsp3) is 0.435. The molecule has 7 nitrogen and oxygen atoms in total. The van der Waals surface area contributed by atoms with E-state index >= 15 is 0 Å². The van der Waals surface area contributed by atoms with Gasteiger partial charge in [0, 0.05) is 12.1 Å². The summed E-state index contributed by atoms with van der Waals surface area (Å²) in [6.45, 7) is 1.82. The highest BCUT2D eigenvalue weighted by molar-refractivity contribution is 6.32. The van der Waals surface area contributed by atoms with Gasteiger partial charge in [0.25, 0.3) is 0 Å². The molecule has 2 N–H and O–H groups in total. The number of nitrogens with one attached hydrogen (secondary N) is 1. The molecule has 0 radical (unpaired) electrons. The Bertz CT molecular complexity index is 1090.